The second-order valence-electron chi connectivity index (χ2n) is 3.98. The zero-order valence-electron chi connectivity index (χ0n) is 10.9. The molecule has 0 fully saturated rings. The van der Waals surface area contributed by atoms with E-state index < -0.39 is 19.6 Å². The van der Waals surface area contributed by atoms with Gasteiger partial charge in [0.15, 0.2) is 0 Å². The topological polar surface area (TPSA) is 74.6 Å². The standard InChI is InChI=1S/C10H20F2O4S3/c1-3-5-7-17-10(13,18-8-6-4-2)9(11,12)19(14,15)16/h13H,3-8H2,1-2H3,(H,14,15,16). The normalized spacial score (nSPS) is 13.8. The van der Waals surface area contributed by atoms with Gasteiger partial charge in [-0.1, -0.05) is 26.7 Å². The highest BCUT2D eigenvalue weighted by molar-refractivity contribution is 8.18. The van der Waals surface area contributed by atoms with Crippen LogP contribution in [-0.2, 0) is 10.1 Å². The third-order valence-corrected chi connectivity index (χ3v) is 6.47. The lowest BCUT2D eigenvalue weighted by atomic mass is 10.4. The average Bonchev–Trinajstić information content (AvgIpc) is 2.28. The molecule has 0 saturated carbocycles. The molecule has 4 nitrogen and oxygen atoms in total. The summed E-state index contributed by atoms with van der Waals surface area (Å²) < 4.78 is 54.7. The molecule has 2 N–H and O–H groups in total. The Labute approximate surface area is 121 Å². The third kappa shape index (κ3) is 5.37. The van der Waals surface area contributed by atoms with Gasteiger partial charge >= 0.3 is 15.4 Å². The smallest absolute Gasteiger partial charge is 0.365 e. The zero-order valence-corrected chi connectivity index (χ0v) is 13.4. The van der Waals surface area contributed by atoms with Crippen molar-refractivity contribution in [3.63, 3.8) is 0 Å². The molecular weight excluding hydrogens is 318 g/mol. The first-order chi connectivity index (χ1) is 8.62. The minimum absolute atomic E-state index is 0.192. The molecule has 0 radical (unpaired) electrons. The largest absolute Gasteiger partial charge is 0.416 e. The van der Waals surface area contributed by atoms with Gasteiger partial charge in [-0.3, -0.25) is 4.55 Å². The van der Waals surface area contributed by atoms with E-state index in [4.69, 9.17) is 4.55 Å². The Balaban J connectivity index is 5.02. The summed E-state index contributed by atoms with van der Waals surface area (Å²) >= 11 is 0.924. The van der Waals surface area contributed by atoms with E-state index in [2.05, 4.69) is 0 Å². The Morgan fingerprint density at radius 3 is 1.68 bits per heavy atom. The van der Waals surface area contributed by atoms with Crippen molar-refractivity contribution in [1.82, 2.24) is 0 Å². The van der Waals surface area contributed by atoms with Crippen LogP contribution in [-0.4, -0.2) is 39.1 Å². The fraction of sp³-hybridized carbons (Fsp3) is 1.00. The number of halogens is 2. The van der Waals surface area contributed by atoms with Crippen LogP contribution in [0.4, 0.5) is 8.78 Å². The summed E-state index contributed by atoms with van der Waals surface area (Å²) in [6.45, 7) is 3.70. The van der Waals surface area contributed by atoms with Crippen LogP contribution in [0, 0.1) is 0 Å². The molecule has 0 aliphatic rings. The van der Waals surface area contributed by atoms with Crippen LogP contribution < -0.4 is 0 Å². The molecule has 0 aliphatic heterocycles. The number of thioether (sulfide) groups is 2. The van der Waals surface area contributed by atoms with Crippen molar-refractivity contribution in [3.05, 3.63) is 0 Å². The lowest BCUT2D eigenvalue weighted by Crippen LogP contribution is -2.48. The third-order valence-electron chi connectivity index (χ3n) is 2.28. The van der Waals surface area contributed by atoms with Gasteiger partial charge < -0.3 is 5.11 Å². The number of hydrogen-bond acceptors (Lipinski definition) is 5. The van der Waals surface area contributed by atoms with Crippen LogP contribution in [0.2, 0.25) is 0 Å². The second-order valence-corrected chi connectivity index (χ2v) is 8.27. The maximum atomic E-state index is 13.7. The highest BCUT2D eigenvalue weighted by atomic mass is 32.2. The molecule has 0 aromatic carbocycles. The minimum Gasteiger partial charge on any atom is -0.365 e. The second kappa shape index (κ2) is 8.02. The Morgan fingerprint density at radius 1 is 1.05 bits per heavy atom. The molecule has 0 unspecified atom stereocenters. The van der Waals surface area contributed by atoms with Gasteiger partial charge in [0, 0.05) is 0 Å². The van der Waals surface area contributed by atoms with Crippen LogP contribution in [0.15, 0.2) is 0 Å². The van der Waals surface area contributed by atoms with E-state index in [0.29, 0.717) is 36.4 Å². The molecule has 0 amide bonds. The van der Waals surface area contributed by atoms with Crippen molar-refractivity contribution < 1.29 is 26.9 Å². The molecule has 9 heteroatoms. The summed E-state index contributed by atoms with van der Waals surface area (Å²) in [5, 5.41) is 5.36. The van der Waals surface area contributed by atoms with Crippen molar-refractivity contribution in [3.8, 4) is 0 Å². The van der Waals surface area contributed by atoms with Gasteiger partial charge in [0.2, 0.25) is 4.27 Å². The van der Waals surface area contributed by atoms with Crippen molar-refractivity contribution in [1.29, 1.82) is 0 Å². The van der Waals surface area contributed by atoms with Crippen molar-refractivity contribution in [2.75, 3.05) is 11.5 Å². The van der Waals surface area contributed by atoms with E-state index in [1.807, 2.05) is 13.8 Å². The van der Waals surface area contributed by atoms with Crippen molar-refractivity contribution in [2.24, 2.45) is 0 Å². The van der Waals surface area contributed by atoms with E-state index in [9.17, 15) is 22.3 Å². The summed E-state index contributed by atoms with van der Waals surface area (Å²) in [7, 11) is -5.66. The monoisotopic (exact) mass is 338 g/mol. The highest BCUT2D eigenvalue weighted by Crippen LogP contribution is 2.49. The average molecular weight is 338 g/mol. The Hall–Kier alpha value is 0.430. The molecule has 0 bridgehead atoms. The number of alkyl halides is 2. The van der Waals surface area contributed by atoms with Crippen LogP contribution in [0.5, 0.6) is 0 Å². The number of hydrogen-bond donors (Lipinski definition) is 2. The summed E-state index contributed by atoms with van der Waals surface area (Å²) in [5.74, 6) is 0.383. The van der Waals surface area contributed by atoms with Gasteiger partial charge in [-0.15, -0.1) is 23.5 Å². The molecule has 0 rings (SSSR count). The summed E-state index contributed by atoms with van der Waals surface area (Å²) in [5.41, 5.74) is 0. The van der Waals surface area contributed by atoms with E-state index in [1.165, 1.54) is 0 Å². The van der Waals surface area contributed by atoms with Gasteiger partial charge in [-0.05, 0) is 24.3 Å². The first kappa shape index (κ1) is 19.4. The first-order valence-electron chi connectivity index (χ1n) is 5.97. The van der Waals surface area contributed by atoms with Crippen molar-refractivity contribution >= 4 is 33.6 Å². The van der Waals surface area contributed by atoms with E-state index >= 15 is 0 Å². The van der Waals surface area contributed by atoms with Gasteiger partial charge in [0.25, 0.3) is 0 Å². The minimum atomic E-state index is -5.66. The quantitative estimate of drug-likeness (QED) is 0.362. The van der Waals surface area contributed by atoms with Gasteiger partial charge in [0.1, 0.15) is 0 Å². The highest BCUT2D eigenvalue weighted by Gasteiger charge is 2.63. The molecule has 0 atom stereocenters. The fourth-order valence-corrected chi connectivity index (χ4v) is 4.98. The maximum Gasteiger partial charge on any atom is 0.416 e. The number of aliphatic hydroxyl groups is 1. The number of unbranched alkanes of at least 4 members (excludes halogenated alkanes) is 2. The molecule has 0 aromatic heterocycles. The van der Waals surface area contributed by atoms with Gasteiger partial charge in [0.05, 0.1) is 0 Å². The molecule has 0 aromatic rings. The first-order valence-corrected chi connectivity index (χ1v) is 9.38. The van der Waals surface area contributed by atoms with E-state index in [-0.39, 0.29) is 11.5 Å². The SMILES string of the molecule is CCCCSC(O)(SCCCC)C(F)(F)S(=O)(=O)O. The molecule has 0 spiro atoms. The Morgan fingerprint density at radius 2 is 1.42 bits per heavy atom. The molecular formula is C10H20F2O4S3. The summed E-state index contributed by atoms with van der Waals surface area (Å²) in [6, 6.07) is 0. The fourth-order valence-electron chi connectivity index (χ4n) is 1.08. The van der Waals surface area contributed by atoms with Crippen LogP contribution in [0.3, 0.4) is 0 Å². The van der Waals surface area contributed by atoms with E-state index in [0.717, 1.165) is 12.8 Å². The van der Waals surface area contributed by atoms with Crippen molar-refractivity contribution in [2.45, 2.75) is 49.1 Å². The van der Waals surface area contributed by atoms with Crippen LogP contribution >= 0.6 is 23.5 Å². The predicted octanol–water partition coefficient (Wildman–Crippen LogP) is 3.18. The molecule has 116 valence electrons. The van der Waals surface area contributed by atoms with Gasteiger partial charge in [-0.25, -0.2) is 0 Å². The van der Waals surface area contributed by atoms with Gasteiger partial charge in [-0.2, -0.15) is 17.2 Å². The van der Waals surface area contributed by atoms with E-state index in [1.54, 1.807) is 0 Å². The lowest BCUT2D eigenvalue weighted by molar-refractivity contribution is -0.0195. The van der Waals surface area contributed by atoms with Crippen LogP contribution in [0.1, 0.15) is 39.5 Å². The lowest BCUT2D eigenvalue weighted by Gasteiger charge is -2.32. The Kier molecular flexibility index (Phi) is 8.20. The molecule has 0 heterocycles. The molecule has 0 aliphatic carbocycles. The summed E-state index contributed by atoms with van der Waals surface area (Å²) in [6.07, 6.45) is 2.62. The van der Waals surface area contributed by atoms with Crippen LogP contribution in [0.25, 0.3) is 0 Å². The Bertz CT molecular complexity index is 350. The molecule has 19 heavy (non-hydrogen) atoms. The zero-order chi connectivity index (χ0) is 15.2. The summed E-state index contributed by atoms with van der Waals surface area (Å²) in [4.78, 5) is 0. The molecule has 0 saturated heterocycles. The predicted molar refractivity (Wildman–Crippen MR) is 76.2 cm³/mol. The maximum absolute atomic E-state index is 13.7. The number of rotatable bonds is 10.